The molecular weight excluding hydrogens is 463 g/mol. The lowest BCUT2D eigenvalue weighted by atomic mass is 10.2. The van der Waals surface area contributed by atoms with Crippen LogP contribution in [0.5, 0.6) is 0 Å². The molecule has 0 saturated heterocycles. The molecule has 0 radical (unpaired) electrons. The van der Waals surface area contributed by atoms with Crippen molar-refractivity contribution in [3.8, 4) is 0 Å². The highest BCUT2D eigenvalue weighted by atomic mass is 32.3. The van der Waals surface area contributed by atoms with Gasteiger partial charge >= 0.3 is 17.2 Å². The van der Waals surface area contributed by atoms with Crippen LogP contribution in [0, 0.1) is 0 Å². The summed E-state index contributed by atoms with van der Waals surface area (Å²) in [6, 6.07) is 0.0207. The largest absolute Gasteiger partial charge is 0.480 e. The van der Waals surface area contributed by atoms with E-state index in [9.17, 15) is 56.3 Å². The Morgan fingerprint density at radius 3 is 1.43 bits per heavy atom. The van der Waals surface area contributed by atoms with Crippen molar-refractivity contribution in [2.45, 2.75) is 50.4 Å². The van der Waals surface area contributed by atoms with Crippen molar-refractivity contribution in [3.63, 3.8) is 0 Å². The molecule has 172 valence electrons. The fourth-order valence-electron chi connectivity index (χ4n) is 1.10. The monoisotopic (exact) mass is 479 g/mol. The van der Waals surface area contributed by atoms with Crippen molar-refractivity contribution in [1.29, 1.82) is 0 Å². The Labute approximate surface area is 154 Å². The van der Waals surface area contributed by atoms with Gasteiger partial charge in [-0.2, -0.15) is 44.6 Å². The first-order valence-corrected chi connectivity index (χ1v) is 9.82. The molecule has 0 saturated carbocycles. The first-order valence-electron chi connectivity index (χ1n) is 6.94. The molecule has 0 bridgehead atoms. The lowest BCUT2D eigenvalue weighted by Crippen LogP contribution is -2.35. The third-order valence-electron chi connectivity index (χ3n) is 2.57. The van der Waals surface area contributed by atoms with Gasteiger partial charge in [0, 0.05) is 12.6 Å². The molecule has 18 heteroatoms. The average Bonchev–Trinajstić information content (AvgIpc) is 2.43. The van der Waals surface area contributed by atoms with Gasteiger partial charge in [0.25, 0.3) is 0 Å². The number of sulfonamides is 2. The molecule has 0 aliphatic rings. The van der Waals surface area contributed by atoms with Crippen LogP contribution in [0.3, 0.4) is 0 Å². The summed E-state index contributed by atoms with van der Waals surface area (Å²) in [5.41, 5.74) is -12.4. The van der Waals surface area contributed by atoms with Crippen LogP contribution in [0.4, 0.5) is 39.5 Å². The molecular formula is C10H16F9N2O5S2-. The Morgan fingerprint density at radius 1 is 0.857 bits per heavy atom. The maximum atomic E-state index is 11.8. The topological polar surface area (TPSA) is 94.8 Å². The second-order valence-electron chi connectivity index (χ2n) is 4.80. The summed E-state index contributed by atoms with van der Waals surface area (Å²) in [4.78, 5) is 4.62. The van der Waals surface area contributed by atoms with Gasteiger partial charge in [-0.3, -0.25) is 4.84 Å². The van der Waals surface area contributed by atoms with Crippen molar-refractivity contribution >= 4 is 20.0 Å². The van der Waals surface area contributed by atoms with Gasteiger partial charge in [-0.05, 0) is 13.3 Å². The van der Waals surface area contributed by atoms with Gasteiger partial charge in [0.2, 0.25) is 0 Å². The Balaban J connectivity index is 0. The van der Waals surface area contributed by atoms with E-state index in [4.69, 9.17) is 0 Å². The Kier molecular flexibility index (Phi) is 10.8. The smallest absolute Gasteiger partial charge is 0.421 e. The van der Waals surface area contributed by atoms with E-state index in [0.29, 0.717) is 6.54 Å². The maximum Gasteiger partial charge on any atom is 0.480 e. The van der Waals surface area contributed by atoms with E-state index in [2.05, 4.69) is 4.84 Å². The first-order chi connectivity index (χ1) is 12.1. The minimum absolute atomic E-state index is 0.0207. The molecule has 1 unspecified atom stereocenters. The Hall–Kier alpha value is -0.850. The van der Waals surface area contributed by atoms with E-state index in [0.717, 1.165) is 10.5 Å². The van der Waals surface area contributed by atoms with E-state index < -0.39 is 43.8 Å². The second kappa shape index (κ2) is 10.3. The third kappa shape index (κ3) is 10.6. The highest BCUT2D eigenvalue weighted by Gasteiger charge is 2.46. The first kappa shape index (κ1) is 29.4. The molecule has 0 amide bonds. The molecule has 0 heterocycles. The molecule has 28 heavy (non-hydrogen) atoms. The van der Waals surface area contributed by atoms with E-state index >= 15 is 0 Å². The minimum atomic E-state index is -6.72. The molecule has 0 fully saturated rings. The van der Waals surface area contributed by atoms with Gasteiger partial charge < -0.3 is 4.13 Å². The van der Waals surface area contributed by atoms with Crippen LogP contribution >= 0.6 is 0 Å². The summed E-state index contributed by atoms with van der Waals surface area (Å²) >= 11 is 0. The summed E-state index contributed by atoms with van der Waals surface area (Å²) < 4.78 is 144. The zero-order valence-corrected chi connectivity index (χ0v) is 16.0. The summed E-state index contributed by atoms with van der Waals surface area (Å²) in [6.07, 6.45) is -3.48. The lowest BCUT2D eigenvalue weighted by Gasteiger charge is -2.26. The fraction of sp³-hybridized carbons (Fsp3) is 1.00. The second-order valence-corrected chi connectivity index (χ2v) is 8.22. The molecule has 0 aliphatic carbocycles. The number of halogens is 9. The molecule has 1 atom stereocenters. The van der Waals surface area contributed by atoms with Crippen LogP contribution in [0.15, 0.2) is 0 Å². The Morgan fingerprint density at radius 2 is 1.21 bits per heavy atom. The predicted molar refractivity (Wildman–Crippen MR) is 77.4 cm³/mol. The zero-order chi connectivity index (χ0) is 23.2. The predicted octanol–water partition coefficient (Wildman–Crippen LogP) is 3.66. The summed E-state index contributed by atoms with van der Waals surface area (Å²) in [7, 11) is -13.4. The van der Waals surface area contributed by atoms with Crippen LogP contribution in [0.1, 0.15) is 27.2 Å². The number of rotatable bonds is 7. The van der Waals surface area contributed by atoms with E-state index in [1.165, 1.54) is 5.06 Å². The van der Waals surface area contributed by atoms with Gasteiger partial charge in [-0.25, -0.2) is 16.8 Å². The highest BCUT2D eigenvalue weighted by molar-refractivity contribution is 8.13. The summed E-state index contributed by atoms with van der Waals surface area (Å²) in [6.45, 7) is 4.77. The van der Waals surface area contributed by atoms with Gasteiger partial charge in [0.15, 0.2) is 26.7 Å². The highest BCUT2D eigenvalue weighted by Crippen LogP contribution is 2.36. The minimum Gasteiger partial charge on any atom is -0.421 e. The maximum absolute atomic E-state index is 11.8. The third-order valence-corrected chi connectivity index (χ3v) is 5.31. The normalized spacial score (nSPS) is 15.2. The van der Waals surface area contributed by atoms with Crippen molar-refractivity contribution in [3.05, 3.63) is 4.13 Å². The molecule has 0 aromatic rings. The molecule has 0 rings (SSSR count). The number of alkyl halides is 9. The van der Waals surface area contributed by atoms with Crippen molar-refractivity contribution in [2.24, 2.45) is 0 Å². The van der Waals surface area contributed by atoms with Crippen LogP contribution in [0.2, 0.25) is 0 Å². The zero-order valence-electron chi connectivity index (χ0n) is 14.4. The van der Waals surface area contributed by atoms with Crippen molar-refractivity contribution in [1.82, 2.24) is 5.06 Å². The lowest BCUT2D eigenvalue weighted by molar-refractivity contribution is -0.262. The summed E-state index contributed by atoms with van der Waals surface area (Å²) in [5.74, 6) is 0. The SMILES string of the molecule is CCC(C)N(CC)OCC(F)(F)F.O=S(=O)([N-]S(=O)(=O)C(F)(F)F)C(F)(F)F. The van der Waals surface area contributed by atoms with Crippen LogP contribution in [0.25, 0.3) is 4.13 Å². The van der Waals surface area contributed by atoms with Gasteiger partial charge in [-0.1, -0.05) is 13.8 Å². The fourth-order valence-corrected chi connectivity index (χ4v) is 2.81. The average molecular weight is 479 g/mol. The number of hydrogen-bond acceptors (Lipinski definition) is 6. The Bertz CT molecular complexity index is 629. The molecule has 0 aliphatic heterocycles. The van der Waals surface area contributed by atoms with E-state index in [1.54, 1.807) is 6.92 Å². The molecule has 7 nitrogen and oxygen atoms in total. The molecule has 0 N–H and O–H groups in total. The molecule has 0 aromatic heterocycles. The number of hydroxylamine groups is 2. The van der Waals surface area contributed by atoms with Crippen LogP contribution < -0.4 is 0 Å². The molecule has 0 spiro atoms. The van der Waals surface area contributed by atoms with Gasteiger partial charge in [0.1, 0.15) is 0 Å². The standard InChI is InChI=1S/C8H16F3NO.C2F6NO4S2/c1-4-7(3)12(5-2)13-6-8(9,10)11;3-1(4,5)14(10,11)9-15(12,13)2(6,7)8/h7H,4-6H2,1-3H3;/q;-1. The van der Waals surface area contributed by atoms with Gasteiger partial charge in [0.05, 0.1) is 0 Å². The number of nitrogens with zero attached hydrogens (tertiary/aromatic N) is 2. The van der Waals surface area contributed by atoms with Crippen LogP contribution in [-0.4, -0.2) is 58.3 Å². The van der Waals surface area contributed by atoms with Crippen LogP contribution in [-0.2, 0) is 24.9 Å². The van der Waals surface area contributed by atoms with E-state index in [1.807, 2.05) is 13.8 Å². The summed E-state index contributed by atoms with van der Waals surface area (Å²) in [5, 5.41) is 1.35. The van der Waals surface area contributed by atoms with Gasteiger partial charge in [-0.15, -0.1) is 0 Å². The van der Waals surface area contributed by atoms with Crippen molar-refractivity contribution in [2.75, 3.05) is 13.2 Å². The number of hydrogen-bond donors (Lipinski definition) is 0. The molecule has 0 aromatic carbocycles. The van der Waals surface area contributed by atoms with E-state index in [-0.39, 0.29) is 6.04 Å². The van der Waals surface area contributed by atoms with Crippen molar-refractivity contribution < 1.29 is 61.2 Å². The quantitative estimate of drug-likeness (QED) is 0.409.